The quantitative estimate of drug-likeness (QED) is 0.632. The molecule has 1 amide bonds. The number of benzene rings is 2. The lowest BCUT2D eigenvalue weighted by Gasteiger charge is -2.12. The molecule has 0 fully saturated rings. The highest BCUT2D eigenvalue weighted by molar-refractivity contribution is 8.00. The number of thioether (sulfide) groups is 1. The fraction of sp³-hybridized carbons (Fsp3) is 0.235. The van der Waals surface area contributed by atoms with Crippen LogP contribution < -0.4 is 5.32 Å². The first kappa shape index (κ1) is 17.0. The summed E-state index contributed by atoms with van der Waals surface area (Å²) in [5.41, 5.74) is 2.73. The Morgan fingerprint density at radius 1 is 1.26 bits per heavy atom. The van der Waals surface area contributed by atoms with Crippen molar-refractivity contribution in [2.75, 3.05) is 11.1 Å². The van der Waals surface area contributed by atoms with Gasteiger partial charge in [-0.15, -0.1) is 11.8 Å². The molecular formula is C17H18N2O3S. The lowest BCUT2D eigenvalue weighted by atomic mass is 10.1. The molecule has 0 spiro atoms. The van der Waals surface area contributed by atoms with Crippen molar-refractivity contribution in [1.29, 1.82) is 0 Å². The largest absolute Gasteiger partial charge is 0.325 e. The van der Waals surface area contributed by atoms with E-state index in [2.05, 4.69) is 5.32 Å². The summed E-state index contributed by atoms with van der Waals surface area (Å²) in [5.74, 6) is 0.208. The summed E-state index contributed by atoms with van der Waals surface area (Å²) < 4.78 is 0. The van der Waals surface area contributed by atoms with Crippen molar-refractivity contribution in [2.24, 2.45) is 0 Å². The zero-order valence-electron chi connectivity index (χ0n) is 13.0. The number of rotatable bonds is 6. The van der Waals surface area contributed by atoms with Gasteiger partial charge in [0.2, 0.25) is 5.91 Å². The number of carbonyl (C=O) groups excluding carboxylic acids is 1. The number of nitro benzene ring substituents is 1. The van der Waals surface area contributed by atoms with Crippen LogP contribution in [-0.4, -0.2) is 16.6 Å². The van der Waals surface area contributed by atoms with E-state index in [4.69, 9.17) is 0 Å². The van der Waals surface area contributed by atoms with Crippen LogP contribution in [0.3, 0.4) is 0 Å². The predicted octanol–water partition coefficient (Wildman–Crippen LogP) is 4.34. The monoisotopic (exact) mass is 330 g/mol. The average Bonchev–Trinajstić information content (AvgIpc) is 2.55. The molecule has 23 heavy (non-hydrogen) atoms. The summed E-state index contributed by atoms with van der Waals surface area (Å²) >= 11 is 1.45. The number of carbonyl (C=O) groups is 1. The second kappa shape index (κ2) is 7.78. The smallest absolute Gasteiger partial charge is 0.269 e. The molecule has 1 atom stereocenters. The van der Waals surface area contributed by atoms with Crippen LogP contribution in [-0.2, 0) is 4.79 Å². The van der Waals surface area contributed by atoms with Crippen LogP contribution in [0.25, 0.3) is 0 Å². The first-order chi connectivity index (χ1) is 11.0. The minimum atomic E-state index is -0.411. The van der Waals surface area contributed by atoms with Gasteiger partial charge >= 0.3 is 0 Å². The molecule has 5 nitrogen and oxygen atoms in total. The highest BCUT2D eigenvalue weighted by atomic mass is 32.2. The van der Waals surface area contributed by atoms with Crippen molar-refractivity contribution in [3.8, 4) is 0 Å². The maximum atomic E-state index is 12.0. The number of non-ortho nitro benzene ring substituents is 1. The fourth-order valence-corrected chi connectivity index (χ4v) is 2.90. The first-order valence-electron chi connectivity index (χ1n) is 7.19. The molecule has 0 radical (unpaired) electrons. The van der Waals surface area contributed by atoms with Crippen molar-refractivity contribution >= 4 is 29.0 Å². The molecular weight excluding hydrogens is 312 g/mol. The van der Waals surface area contributed by atoms with Gasteiger partial charge in [-0.25, -0.2) is 0 Å². The molecule has 2 aromatic carbocycles. The maximum Gasteiger partial charge on any atom is 0.269 e. The number of aryl methyl sites for hydroxylation is 1. The van der Waals surface area contributed by atoms with Gasteiger partial charge in [0.05, 0.1) is 10.7 Å². The normalized spacial score (nSPS) is 11.7. The van der Waals surface area contributed by atoms with Crippen LogP contribution in [0.2, 0.25) is 0 Å². The summed E-state index contributed by atoms with van der Waals surface area (Å²) in [6.45, 7) is 3.87. The van der Waals surface area contributed by atoms with E-state index < -0.39 is 4.92 Å². The lowest BCUT2D eigenvalue weighted by Crippen LogP contribution is -2.15. The summed E-state index contributed by atoms with van der Waals surface area (Å²) in [6, 6.07) is 14.1. The molecule has 2 rings (SSSR count). The third kappa shape index (κ3) is 4.82. The number of nitrogens with one attached hydrogen (secondary N) is 1. The van der Waals surface area contributed by atoms with E-state index in [1.54, 1.807) is 12.1 Å². The number of nitrogens with zero attached hydrogens (tertiary/aromatic N) is 1. The third-order valence-electron chi connectivity index (χ3n) is 3.43. The Bertz CT molecular complexity index is 718. The van der Waals surface area contributed by atoms with Gasteiger partial charge in [-0.1, -0.05) is 30.3 Å². The van der Waals surface area contributed by atoms with Crippen molar-refractivity contribution in [3.63, 3.8) is 0 Å². The Balaban J connectivity index is 1.92. The lowest BCUT2D eigenvalue weighted by molar-refractivity contribution is -0.384. The van der Waals surface area contributed by atoms with E-state index in [-0.39, 0.29) is 22.6 Å². The molecule has 0 aliphatic rings. The first-order valence-corrected chi connectivity index (χ1v) is 8.23. The average molecular weight is 330 g/mol. The van der Waals surface area contributed by atoms with Crippen molar-refractivity contribution in [1.82, 2.24) is 0 Å². The minimum absolute atomic E-state index is 0.00230. The summed E-state index contributed by atoms with van der Waals surface area (Å²) in [7, 11) is 0. The molecule has 0 saturated carbocycles. The standard InChI is InChI=1S/C17H18N2O3S/c1-12-6-3-4-9-16(12)18-17(20)11-23-13(2)14-7-5-8-15(10-14)19(21)22/h3-10,13H,11H2,1-2H3,(H,18,20)/t13-/m1/s1. The summed E-state index contributed by atoms with van der Waals surface area (Å²) in [5, 5.41) is 13.7. The Labute approximate surface area is 139 Å². The minimum Gasteiger partial charge on any atom is -0.325 e. The topological polar surface area (TPSA) is 72.2 Å². The van der Waals surface area contributed by atoms with Crippen LogP contribution in [0.4, 0.5) is 11.4 Å². The molecule has 0 heterocycles. The molecule has 2 aromatic rings. The van der Waals surface area contributed by atoms with Crippen LogP contribution in [0.5, 0.6) is 0 Å². The Hall–Kier alpha value is -2.34. The van der Waals surface area contributed by atoms with Crippen LogP contribution in [0.1, 0.15) is 23.3 Å². The second-order valence-corrected chi connectivity index (χ2v) is 6.50. The van der Waals surface area contributed by atoms with Crippen LogP contribution in [0, 0.1) is 17.0 Å². The molecule has 0 saturated heterocycles. The van der Waals surface area contributed by atoms with Crippen LogP contribution >= 0.6 is 11.8 Å². The van der Waals surface area contributed by atoms with Gasteiger partial charge in [-0.3, -0.25) is 14.9 Å². The zero-order chi connectivity index (χ0) is 16.8. The van der Waals surface area contributed by atoms with Gasteiger partial charge in [0.25, 0.3) is 5.69 Å². The van der Waals surface area contributed by atoms with E-state index in [0.717, 1.165) is 16.8 Å². The number of hydrogen-bond donors (Lipinski definition) is 1. The third-order valence-corrected chi connectivity index (χ3v) is 4.64. The van der Waals surface area contributed by atoms with Crippen molar-refractivity contribution in [2.45, 2.75) is 19.1 Å². The molecule has 0 aromatic heterocycles. The van der Waals surface area contributed by atoms with E-state index in [9.17, 15) is 14.9 Å². The molecule has 0 aliphatic heterocycles. The van der Waals surface area contributed by atoms with Gasteiger partial charge in [0.15, 0.2) is 0 Å². The number of anilines is 1. The fourth-order valence-electron chi connectivity index (χ4n) is 2.09. The highest BCUT2D eigenvalue weighted by Crippen LogP contribution is 2.30. The van der Waals surface area contributed by atoms with Gasteiger partial charge in [-0.2, -0.15) is 0 Å². The highest BCUT2D eigenvalue weighted by Gasteiger charge is 2.13. The molecule has 120 valence electrons. The van der Waals surface area contributed by atoms with E-state index in [1.165, 1.54) is 17.8 Å². The molecule has 0 aliphatic carbocycles. The number of nitro groups is 1. The predicted molar refractivity (Wildman–Crippen MR) is 93.8 cm³/mol. The molecule has 0 unspecified atom stereocenters. The maximum absolute atomic E-state index is 12.0. The second-order valence-electron chi connectivity index (χ2n) is 5.17. The van der Waals surface area contributed by atoms with E-state index >= 15 is 0 Å². The number of amides is 1. The zero-order valence-corrected chi connectivity index (χ0v) is 13.8. The molecule has 1 N–H and O–H groups in total. The Morgan fingerprint density at radius 3 is 2.70 bits per heavy atom. The van der Waals surface area contributed by atoms with Gasteiger partial charge in [-0.05, 0) is 31.0 Å². The molecule has 6 heteroatoms. The van der Waals surface area contributed by atoms with Crippen molar-refractivity contribution in [3.05, 3.63) is 69.8 Å². The number of para-hydroxylation sites is 1. The van der Waals surface area contributed by atoms with Crippen LogP contribution in [0.15, 0.2) is 48.5 Å². The van der Waals surface area contributed by atoms with E-state index in [0.29, 0.717) is 0 Å². The van der Waals surface area contributed by atoms with Gasteiger partial charge < -0.3 is 5.32 Å². The SMILES string of the molecule is Cc1ccccc1NC(=O)CS[C@H](C)c1cccc([N+](=O)[O-])c1. The Morgan fingerprint density at radius 2 is 2.00 bits per heavy atom. The van der Waals surface area contributed by atoms with Gasteiger partial charge in [0, 0.05) is 23.1 Å². The number of hydrogen-bond acceptors (Lipinski definition) is 4. The summed E-state index contributed by atoms with van der Waals surface area (Å²) in [6.07, 6.45) is 0. The van der Waals surface area contributed by atoms with Crippen molar-refractivity contribution < 1.29 is 9.72 Å². The summed E-state index contributed by atoms with van der Waals surface area (Å²) in [4.78, 5) is 22.4. The van der Waals surface area contributed by atoms with E-state index in [1.807, 2.05) is 44.2 Å². The van der Waals surface area contributed by atoms with Gasteiger partial charge in [0.1, 0.15) is 0 Å². The molecule has 0 bridgehead atoms. The Kier molecular flexibility index (Phi) is 5.76.